The Morgan fingerprint density at radius 2 is 0.929 bits per heavy atom. The Morgan fingerprint density at radius 3 is 1.36 bits per heavy atom. The van der Waals surface area contributed by atoms with Gasteiger partial charge in [-0.3, -0.25) is 76.7 Å². The standard InChI is InChI=1S/C59H96N16O23/c1-23(2)17-34(66-55(93)43(27(8)76)71-47(85)32(60)19-40(83)84)50(88)73-44(28(9)77)54(92)65-33(14-15-39(81)82)48(86)72-45(29(10)78)56(94)68-36(20-38(61)80)51(89)70-42(25(5)6)58(96)75-16-12-13-37(75)52(90)69-41(24(3)4)53(91)74-46(30(11)79)57(95)67-35(18-31-21-62-22-63-31)49(87)64-26(7)59(97)98/h21-30,32-37,41-46,76-79H,12-20,60H2,1-11H3,(H2,61,80)(H,62,63)(H,64,87)(H,65,92)(H,66,93)(H,67,95)(H,68,94)(H,69,90)(H,70,89)(H,71,85)(H,72,86)(H,73,88)(H,74,91)(H,81,82)(H,83,84)(H,97,98)/t26-,27+,28+,29+,30+,32-,33-,34-,35-,36-,37-,41-,42-,43-,44-,45-,46-/m0/s1. The van der Waals surface area contributed by atoms with Crippen LogP contribution in [0.5, 0.6) is 0 Å². The van der Waals surface area contributed by atoms with Crippen molar-refractivity contribution in [1.29, 1.82) is 0 Å². The Hall–Kier alpha value is -9.47. The first kappa shape index (κ1) is 84.6. The van der Waals surface area contributed by atoms with Crippen molar-refractivity contribution in [2.45, 2.75) is 230 Å². The van der Waals surface area contributed by atoms with Crippen molar-refractivity contribution < 1.29 is 112 Å². The minimum absolute atomic E-state index is 0.0292. The fourth-order valence-electron chi connectivity index (χ4n) is 9.84. The van der Waals surface area contributed by atoms with Gasteiger partial charge < -0.3 is 116 Å². The average molecular weight is 1400 g/mol. The van der Waals surface area contributed by atoms with Crippen LogP contribution in [0, 0.1) is 17.8 Å². The molecule has 0 aromatic carbocycles. The monoisotopic (exact) mass is 1400 g/mol. The van der Waals surface area contributed by atoms with E-state index in [1.165, 1.54) is 47.1 Å². The Kier molecular flexibility index (Phi) is 34.3. The van der Waals surface area contributed by atoms with Crippen LogP contribution in [0.2, 0.25) is 0 Å². The molecule has 13 amide bonds. The molecular formula is C59H96N16O23. The molecule has 1 aromatic heterocycles. The second-order valence-corrected chi connectivity index (χ2v) is 25.1. The molecule has 98 heavy (non-hydrogen) atoms. The number of aromatic nitrogens is 2. The number of aromatic amines is 1. The lowest BCUT2D eigenvalue weighted by Gasteiger charge is -2.33. The molecule has 39 nitrogen and oxygen atoms in total. The first-order valence-electron chi connectivity index (χ1n) is 31.5. The highest BCUT2D eigenvalue weighted by molar-refractivity contribution is 6.01. The first-order chi connectivity index (χ1) is 45.5. The summed E-state index contributed by atoms with van der Waals surface area (Å²) in [5.41, 5.74) is 11.4. The minimum Gasteiger partial charge on any atom is -0.481 e. The highest BCUT2D eigenvalue weighted by Gasteiger charge is 2.43. The zero-order valence-corrected chi connectivity index (χ0v) is 56.3. The summed E-state index contributed by atoms with van der Waals surface area (Å²) in [5, 5.41) is 95.9. The third kappa shape index (κ3) is 27.2. The topological polar surface area (TPSA) is 631 Å². The summed E-state index contributed by atoms with van der Waals surface area (Å²) in [6.45, 7) is 14.7. The summed E-state index contributed by atoms with van der Waals surface area (Å²) in [6.07, 6.45) is -7.83. The highest BCUT2D eigenvalue weighted by atomic mass is 16.4. The normalized spacial score (nSPS) is 17.8. The first-order valence-corrected chi connectivity index (χ1v) is 31.5. The van der Waals surface area contributed by atoms with Crippen LogP contribution in [0.4, 0.5) is 0 Å². The van der Waals surface area contributed by atoms with E-state index in [4.69, 9.17) is 16.6 Å². The lowest BCUT2D eigenvalue weighted by Crippen LogP contribution is -2.63. The zero-order chi connectivity index (χ0) is 74.9. The average Bonchev–Trinajstić information content (AvgIpc) is 1.56. The molecule has 0 unspecified atom stereocenters. The van der Waals surface area contributed by atoms with Gasteiger partial charge in [0.05, 0.1) is 55.3 Å². The molecule has 17 atom stereocenters. The molecule has 1 saturated heterocycles. The van der Waals surface area contributed by atoms with Crippen LogP contribution in [-0.2, 0) is 83.1 Å². The lowest BCUT2D eigenvalue weighted by atomic mass is 10.00. The van der Waals surface area contributed by atoms with Gasteiger partial charge in [-0.15, -0.1) is 0 Å². The number of likely N-dealkylation sites (tertiary alicyclic amines) is 1. The minimum atomic E-state index is -2.09. The number of imidazole rings is 1. The molecule has 1 aliphatic rings. The van der Waals surface area contributed by atoms with E-state index in [9.17, 15) is 107 Å². The molecule has 39 heteroatoms. The van der Waals surface area contributed by atoms with Crippen LogP contribution >= 0.6 is 0 Å². The smallest absolute Gasteiger partial charge is 0.325 e. The molecule has 1 aromatic rings. The molecule has 1 fully saturated rings. The van der Waals surface area contributed by atoms with Crippen molar-refractivity contribution in [3.8, 4) is 0 Å². The van der Waals surface area contributed by atoms with Crippen molar-refractivity contribution in [2.75, 3.05) is 6.54 Å². The van der Waals surface area contributed by atoms with E-state index in [1.807, 2.05) is 0 Å². The molecule has 23 N–H and O–H groups in total. The number of carbonyl (C=O) groups excluding carboxylic acids is 13. The van der Waals surface area contributed by atoms with Gasteiger partial charge in [-0.2, -0.15) is 0 Å². The molecule has 0 aliphatic carbocycles. The number of nitrogens with two attached hydrogens (primary N) is 2. The number of carboxylic acids is 3. The summed E-state index contributed by atoms with van der Waals surface area (Å²) in [6, 6.07) is -21.9. The number of aliphatic carboxylic acids is 3. The number of carbonyl (C=O) groups is 16. The van der Waals surface area contributed by atoms with Crippen LogP contribution in [-0.4, -0.2) is 255 Å². The van der Waals surface area contributed by atoms with Gasteiger partial charge in [-0.05, 0) is 78.1 Å². The summed E-state index contributed by atoms with van der Waals surface area (Å²) in [4.78, 5) is 220. The number of hydrogen-bond acceptors (Lipinski definition) is 22. The molecule has 0 bridgehead atoms. The highest BCUT2D eigenvalue weighted by Crippen LogP contribution is 2.22. The Balaban J connectivity index is 2.37. The van der Waals surface area contributed by atoms with Gasteiger partial charge in [-0.1, -0.05) is 41.5 Å². The summed E-state index contributed by atoms with van der Waals surface area (Å²) in [5.74, 6) is -20.9. The number of aliphatic hydroxyl groups excluding tert-OH is 4. The number of rotatable bonds is 41. The number of aliphatic hydroxyl groups is 4. The summed E-state index contributed by atoms with van der Waals surface area (Å²) < 4.78 is 0. The van der Waals surface area contributed by atoms with E-state index in [1.54, 1.807) is 13.8 Å². The largest absolute Gasteiger partial charge is 0.481 e. The maximum Gasteiger partial charge on any atom is 0.325 e. The van der Waals surface area contributed by atoms with Crippen molar-refractivity contribution in [3.05, 3.63) is 18.2 Å². The Labute approximate surface area is 563 Å². The summed E-state index contributed by atoms with van der Waals surface area (Å²) in [7, 11) is 0. The fourth-order valence-corrected chi connectivity index (χ4v) is 9.84. The molecule has 0 saturated carbocycles. The molecule has 2 rings (SSSR count). The second-order valence-electron chi connectivity index (χ2n) is 25.1. The maximum absolute atomic E-state index is 14.5. The predicted octanol–water partition coefficient (Wildman–Crippen LogP) is -8.20. The van der Waals surface area contributed by atoms with Crippen molar-refractivity contribution in [3.63, 3.8) is 0 Å². The van der Waals surface area contributed by atoms with E-state index in [0.717, 1.165) is 32.6 Å². The lowest BCUT2D eigenvalue weighted by molar-refractivity contribution is -0.144. The van der Waals surface area contributed by atoms with Crippen LogP contribution in [0.3, 0.4) is 0 Å². The SMILES string of the molecule is CC(C)C[C@H](NC(=O)[C@@H](NC(=O)[C@@H](N)CC(=O)O)[C@@H](C)O)C(=O)N[C@H](C(=O)N[C@@H](CCC(=O)O)C(=O)N[C@H](C(=O)N[C@@H](CC(N)=O)C(=O)N[C@H](C(=O)N1CCC[C@H]1C(=O)N[C@H](C(=O)N[C@H](C(=O)N[C@@H](Cc1c[nH]cn1)C(=O)N[C@@H](C)C(=O)O)[C@@H](C)O)C(C)C)C(C)C)[C@@H](C)O)[C@@H](C)O. The molecule has 0 spiro atoms. The van der Waals surface area contributed by atoms with Crippen LogP contribution in [0.1, 0.15) is 127 Å². The van der Waals surface area contributed by atoms with Crippen molar-refractivity contribution >= 4 is 94.7 Å². The van der Waals surface area contributed by atoms with Crippen molar-refractivity contribution in [2.24, 2.45) is 29.2 Å². The van der Waals surface area contributed by atoms with Crippen LogP contribution < -0.4 is 70.0 Å². The number of carboxylic acid groups (broad SMARTS) is 3. The van der Waals surface area contributed by atoms with E-state index in [2.05, 4.69) is 68.5 Å². The molecule has 0 radical (unpaired) electrons. The van der Waals surface area contributed by atoms with Gasteiger partial charge in [-0.25, -0.2) is 4.98 Å². The third-order valence-corrected chi connectivity index (χ3v) is 15.3. The summed E-state index contributed by atoms with van der Waals surface area (Å²) >= 11 is 0. The quantitative estimate of drug-likeness (QED) is 0.0289. The molecule has 550 valence electrons. The van der Waals surface area contributed by atoms with Gasteiger partial charge >= 0.3 is 17.9 Å². The maximum atomic E-state index is 14.5. The van der Waals surface area contributed by atoms with Gasteiger partial charge in [0.25, 0.3) is 0 Å². The number of amides is 13. The van der Waals surface area contributed by atoms with Gasteiger partial charge in [0, 0.05) is 25.6 Å². The number of H-pyrrole nitrogens is 1. The molecule has 2 heterocycles. The number of primary amides is 1. The van der Waals surface area contributed by atoms with Crippen LogP contribution in [0.15, 0.2) is 12.5 Å². The molecular weight excluding hydrogens is 1300 g/mol. The van der Waals surface area contributed by atoms with Crippen LogP contribution in [0.25, 0.3) is 0 Å². The Bertz CT molecular complexity index is 3000. The zero-order valence-electron chi connectivity index (χ0n) is 56.3. The number of hydrogen-bond donors (Lipinski definition) is 21. The second kappa shape index (κ2) is 39.7. The van der Waals surface area contributed by atoms with E-state index < -0.39 is 235 Å². The Morgan fingerprint density at radius 1 is 0.510 bits per heavy atom. The van der Waals surface area contributed by atoms with Gasteiger partial charge in [0.15, 0.2) is 0 Å². The number of nitrogens with zero attached hydrogens (tertiary/aromatic N) is 2. The van der Waals surface area contributed by atoms with E-state index in [0.29, 0.717) is 0 Å². The van der Waals surface area contributed by atoms with E-state index >= 15 is 0 Å². The van der Waals surface area contributed by atoms with E-state index in [-0.39, 0.29) is 43.8 Å². The fraction of sp³-hybridized carbons (Fsp3) is 0.678. The third-order valence-electron chi connectivity index (χ3n) is 15.3. The molecule has 1 aliphatic heterocycles. The van der Waals surface area contributed by atoms with Gasteiger partial charge in [0.1, 0.15) is 72.5 Å². The predicted molar refractivity (Wildman–Crippen MR) is 338 cm³/mol. The van der Waals surface area contributed by atoms with Gasteiger partial charge in [0.2, 0.25) is 76.8 Å². The number of nitrogens with one attached hydrogen (secondary N) is 12. The van der Waals surface area contributed by atoms with Crippen molar-refractivity contribution in [1.82, 2.24) is 73.4 Å².